The van der Waals surface area contributed by atoms with Gasteiger partial charge >= 0.3 is 12.3 Å². The standard InChI is InChI=1S/C16H13F4N3O5/c1-7-5-8(28-16(18,19)20)3-4-10(7)22-14-9(15(24)27-2)6-11(23(25)26)13(21)12(14)17/h3-6,22H,21H2,1-2H3. The van der Waals surface area contributed by atoms with E-state index in [-0.39, 0.29) is 11.3 Å². The molecular weight excluding hydrogens is 390 g/mol. The first-order chi connectivity index (χ1) is 12.9. The number of alkyl halides is 3. The quantitative estimate of drug-likeness (QED) is 0.254. The third kappa shape index (κ3) is 4.39. The molecule has 0 aliphatic heterocycles. The topological polar surface area (TPSA) is 117 Å². The first-order valence-corrected chi connectivity index (χ1v) is 7.42. The number of rotatable bonds is 5. The average molecular weight is 403 g/mol. The second-order valence-electron chi connectivity index (χ2n) is 5.44. The smallest absolute Gasteiger partial charge is 0.465 e. The van der Waals surface area contributed by atoms with Gasteiger partial charge < -0.3 is 20.5 Å². The number of ether oxygens (including phenoxy) is 2. The Bertz CT molecular complexity index is 947. The van der Waals surface area contributed by atoms with Crippen molar-refractivity contribution in [3.8, 4) is 5.75 Å². The summed E-state index contributed by atoms with van der Waals surface area (Å²) in [6, 6.07) is 3.88. The van der Waals surface area contributed by atoms with E-state index < -0.39 is 51.4 Å². The van der Waals surface area contributed by atoms with E-state index in [1.54, 1.807) is 0 Å². The van der Waals surface area contributed by atoms with Crippen molar-refractivity contribution in [3.63, 3.8) is 0 Å². The number of benzene rings is 2. The van der Waals surface area contributed by atoms with Gasteiger partial charge in [-0.2, -0.15) is 0 Å². The Morgan fingerprint density at radius 1 is 1.29 bits per heavy atom. The van der Waals surface area contributed by atoms with E-state index >= 15 is 0 Å². The molecule has 0 saturated carbocycles. The van der Waals surface area contributed by atoms with Crippen LogP contribution in [0.4, 0.5) is 40.3 Å². The highest BCUT2D eigenvalue weighted by molar-refractivity contribution is 5.99. The maximum absolute atomic E-state index is 14.6. The molecule has 0 atom stereocenters. The Morgan fingerprint density at radius 3 is 2.43 bits per heavy atom. The van der Waals surface area contributed by atoms with Gasteiger partial charge in [0.25, 0.3) is 5.69 Å². The van der Waals surface area contributed by atoms with Crippen molar-refractivity contribution in [1.29, 1.82) is 0 Å². The summed E-state index contributed by atoms with van der Waals surface area (Å²) in [4.78, 5) is 21.9. The largest absolute Gasteiger partial charge is 0.573 e. The van der Waals surface area contributed by atoms with Crippen molar-refractivity contribution >= 4 is 28.7 Å². The van der Waals surface area contributed by atoms with E-state index in [0.717, 1.165) is 31.4 Å². The number of nitrogens with zero attached hydrogens (tertiary/aromatic N) is 1. The van der Waals surface area contributed by atoms with Gasteiger partial charge in [0.05, 0.1) is 23.3 Å². The Labute approximate surface area is 155 Å². The summed E-state index contributed by atoms with van der Waals surface area (Å²) in [5, 5.41) is 13.5. The third-order valence-electron chi connectivity index (χ3n) is 3.58. The zero-order valence-corrected chi connectivity index (χ0v) is 14.4. The molecule has 0 aromatic heterocycles. The monoisotopic (exact) mass is 403 g/mol. The third-order valence-corrected chi connectivity index (χ3v) is 3.58. The molecule has 0 saturated heterocycles. The predicted octanol–water partition coefficient (Wildman–Crippen LogP) is 4.05. The van der Waals surface area contributed by atoms with Crippen LogP contribution in [0.1, 0.15) is 15.9 Å². The van der Waals surface area contributed by atoms with Crippen molar-refractivity contribution in [2.24, 2.45) is 0 Å². The van der Waals surface area contributed by atoms with Gasteiger partial charge in [0, 0.05) is 11.8 Å². The molecule has 0 amide bonds. The number of aryl methyl sites for hydroxylation is 1. The number of nitrogen functional groups attached to an aromatic ring is 1. The van der Waals surface area contributed by atoms with Crippen molar-refractivity contribution < 1.29 is 36.8 Å². The molecule has 28 heavy (non-hydrogen) atoms. The first kappa shape index (κ1) is 20.7. The average Bonchev–Trinajstić information content (AvgIpc) is 2.58. The molecule has 0 aliphatic carbocycles. The normalized spacial score (nSPS) is 11.1. The molecule has 0 radical (unpaired) electrons. The van der Waals surface area contributed by atoms with Gasteiger partial charge in [-0.25, -0.2) is 9.18 Å². The minimum Gasteiger partial charge on any atom is -0.465 e. The van der Waals surface area contributed by atoms with Crippen LogP contribution in [0.5, 0.6) is 5.75 Å². The van der Waals surface area contributed by atoms with Crippen molar-refractivity contribution in [3.05, 3.63) is 51.3 Å². The Kier molecular flexibility index (Phi) is 5.62. The maximum Gasteiger partial charge on any atom is 0.573 e. The lowest BCUT2D eigenvalue weighted by atomic mass is 10.1. The van der Waals surface area contributed by atoms with Gasteiger partial charge in [0.1, 0.15) is 11.4 Å². The Balaban J connectivity index is 2.52. The van der Waals surface area contributed by atoms with Gasteiger partial charge in [-0.3, -0.25) is 10.1 Å². The molecule has 2 aromatic carbocycles. The predicted molar refractivity (Wildman–Crippen MR) is 90.0 cm³/mol. The van der Waals surface area contributed by atoms with Crippen LogP contribution in [-0.4, -0.2) is 24.4 Å². The number of hydrogen-bond acceptors (Lipinski definition) is 7. The molecule has 12 heteroatoms. The van der Waals surface area contributed by atoms with Crippen LogP contribution in [0.15, 0.2) is 24.3 Å². The number of nitrogens with one attached hydrogen (secondary N) is 1. The Hall–Kier alpha value is -3.57. The number of methoxy groups -OCH3 is 1. The molecule has 0 spiro atoms. The minimum absolute atomic E-state index is 0.104. The number of esters is 1. The lowest BCUT2D eigenvalue weighted by molar-refractivity contribution is -0.384. The van der Waals surface area contributed by atoms with Gasteiger partial charge in [-0.1, -0.05) is 0 Å². The lowest BCUT2D eigenvalue weighted by Crippen LogP contribution is -2.17. The molecule has 3 N–H and O–H groups in total. The molecule has 2 rings (SSSR count). The van der Waals surface area contributed by atoms with Crippen LogP contribution in [0, 0.1) is 22.9 Å². The summed E-state index contributed by atoms with van der Waals surface area (Å²) in [6.07, 6.45) is -4.89. The fourth-order valence-electron chi connectivity index (χ4n) is 2.30. The fraction of sp³-hybridized carbons (Fsp3) is 0.188. The van der Waals surface area contributed by atoms with Crippen LogP contribution in [-0.2, 0) is 4.74 Å². The van der Waals surface area contributed by atoms with Crippen LogP contribution in [0.3, 0.4) is 0 Å². The van der Waals surface area contributed by atoms with Gasteiger partial charge in [0.15, 0.2) is 5.82 Å². The number of hydrogen-bond donors (Lipinski definition) is 2. The first-order valence-electron chi connectivity index (χ1n) is 7.42. The highest BCUT2D eigenvalue weighted by atomic mass is 19.4. The number of anilines is 3. The van der Waals surface area contributed by atoms with Crippen LogP contribution < -0.4 is 15.8 Å². The summed E-state index contributed by atoms with van der Waals surface area (Å²) in [6.45, 7) is 1.40. The lowest BCUT2D eigenvalue weighted by Gasteiger charge is -2.16. The van der Waals surface area contributed by atoms with Crippen LogP contribution in [0.2, 0.25) is 0 Å². The molecule has 150 valence electrons. The summed E-state index contributed by atoms with van der Waals surface area (Å²) >= 11 is 0. The van der Waals surface area contributed by atoms with E-state index in [1.807, 2.05) is 0 Å². The number of halogens is 4. The van der Waals surface area contributed by atoms with Crippen molar-refractivity contribution in [2.45, 2.75) is 13.3 Å². The molecular formula is C16H13F4N3O5. The summed E-state index contributed by atoms with van der Waals surface area (Å²) in [5.74, 6) is -2.88. The van der Waals surface area contributed by atoms with Crippen LogP contribution in [0.25, 0.3) is 0 Å². The second-order valence-corrected chi connectivity index (χ2v) is 5.44. The van der Waals surface area contributed by atoms with Gasteiger partial charge in [-0.15, -0.1) is 13.2 Å². The van der Waals surface area contributed by atoms with Crippen molar-refractivity contribution in [2.75, 3.05) is 18.2 Å². The number of nitro benzene ring substituents is 1. The van der Waals surface area contributed by atoms with Gasteiger partial charge in [-0.05, 0) is 30.7 Å². The van der Waals surface area contributed by atoms with Gasteiger partial charge in [0.2, 0.25) is 0 Å². The molecule has 0 heterocycles. The maximum atomic E-state index is 14.6. The van der Waals surface area contributed by atoms with E-state index in [2.05, 4.69) is 14.8 Å². The van der Waals surface area contributed by atoms with E-state index in [0.29, 0.717) is 0 Å². The van der Waals surface area contributed by atoms with E-state index in [1.165, 1.54) is 6.92 Å². The molecule has 0 unspecified atom stereocenters. The number of nitrogens with two attached hydrogens (primary N) is 1. The molecule has 0 aliphatic rings. The number of carbonyl (C=O) groups excluding carboxylic acids is 1. The molecule has 2 aromatic rings. The molecule has 0 fully saturated rings. The van der Waals surface area contributed by atoms with E-state index in [9.17, 15) is 32.5 Å². The number of carbonyl (C=O) groups is 1. The molecule has 8 nitrogen and oxygen atoms in total. The summed E-state index contributed by atoms with van der Waals surface area (Å²) < 4.78 is 59.8. The highest BCUT2D eigenvalue weighted by Crippen LogP contribution is 2.37. The zero-order valence-electron chi connectivity index (χ0n) is 14.4. The summed E-state index contributed by atoms with van der Waals surface area (Å²) in [7, 11) is 0.987. The number of nitro groups is 1. The minimum atomic E-state index is -4.89. The SMILES string of the molecule is COC(=O)c1cc([N+](=O)[O-])c(N)c(F)c1Nc1ccc(OC(F)(F)F)cc1C. The summed E-state index contributed by atoms with van der Waals surface area (Å²) in [5.41, 5.74) is 3.03. The second kappa shape index (κ2) is 7.58. The Morgan fingerprint density at radius 2 is 1.93 bits per heavy atom. The van der Waals surface area contributed by atoms with E-state index in [4.69, 9.17) is 5.73 Å². The van der Waals surface area contributed by atoms with Crippen molar-refractivity contribution in [1.82, 2.24) is 0 Å². The zero-order chi connectivity index (χ0) is 21.2. The fourth-order valence-corrected chi connectivity index (χ4v) is 2.30. The highest BCUT2D eigenvalue weighted by Gasteiger charge is 2.31. The van der Waals surface area contributed by atoms with Crippen LogP contribution >= 0.6 is 0 Å². The molecule has 0 bridgehead atoms.